The first-order chi connectivity index (χ1) is 13.9. The zero-order chi connectivity index (χ0) is 21.9. The van der Waals surface area contributed by atoms with Gasteiger partial charge in [-0.25, -0.2) is 9.37 Å². The molecule has 5 nitrogen and oxygen atoms in total. The van der Waals surface area contributed by atoms with E-state index in [0.29, 0.717) is 30.0 Å². The Kier molecular flexibility index (Phi) is 5.05. The van der Waals surface area contributed by atoms with Gasteiger partial charge in [-0.1, -0.05) is 11.6 Å². The van der Waals surface area contributed by atoms with Crippen LogP contribution in [0.3, 0.4) is 0 Å². The highest BCUT2D eigenvalue weighted by atomic mass is 35.5. The Bertz CT molecular complexity index is 973. The van der Waals surface area contributed by atoms with Gasteiger partial charge in [0.1, 0.15) is 22.7 Å². The minimum absolute atomic E-state index is 0.0282. The molecule has 1 amide bonds. The number of likely N-dealkylation sites (tertiary alicyclic amines) is 1. The number of nitrogens with zero attached hydrogens (tertiary/aromatic N) is 2. The molecule has 30 heavy (non-hydrogen) atoms. The van der Waals surface area contributed by atoms with Crippen molar-refractivity contribution in [2.75, 3.05) is 19.6 Å². The summed E-state index contributed by atoms with van der Waals surface area (Å²) in [6.45, 7) is 3.30. The van der Waals surface area contributed by atoms with E-state index >= 15 is 0 Å². The monoisotopic (exact) mass is 446 g/mol. The maximum absolute atomic E-state index is 13.5. The number of halogens is 5. The molecular formula is C20H23ClF4N4O. The van der Waals surface area contributed by atoms with Gasteiger partial charge in [0, 0.05) is 19.5 Å². The number of alkyl halides is 3. The van der Waals surface area contributed by atoms with Crippen LogP contribution in [0.5, 0.6) is 0 Å². The molecule has 2 aliphatic rings. The number of imidazole rings is 1. The SMILES string of the molecule is CC(C)(NC(=O)CN1CC2(CC(Cc3nc4c(Cl)cc(F)cc4[nH]3)C2)C1)C(F)(F)F. The van der Waals surface area contributed by atoms with Crippen LogP contribution in [0.4, 0.5) is 17.6 Å². The van der Waals surface area contributed by atoms with Crippen LogP contribution >= 0.6 is 11.6 Å². The molecule has 4 rings (SSSR count). The first-order valence-electron chi connectivity index (χ1n) is 9.80. The lowest BCUT2D eigenvalue weighted by atomic mass is 9.57. The number of fused-ring (bicyclic) bond motifs is 1. The third kappa shape index (κ3) is 4.01. The summed E-state index contributed by atoms with van der Waals surface area (Å²) in [5, 5.41) is 2.34. The molecule has 1 aromatic heterocycles. The summed E-state index contributed by atoms with van der Waals surface area (Å²) in [4.78, 5) is 21.4. The second-order valence-corrected chi connectivity index (χ2v) is 9.67. The Morgan fingerprint density at radius 1 is 1.33 bits per heavy atom. The summed E-state index contributed by atoms with van der Waals surface area (Å²) in [5.41, 5.74) is -0.969. The van der Waals surface area contributed by atoms with Gasteiger partial charge in [-0.2, -0.15) is 13.2 Å². The predicted octanol–water partition coefficient (Wildman–Crippen LogP) is 4.07. The van der Waals surface area contributed by atoms with Crippen molar-refractivity contribution in [3.63, 3.8) is 0 Å². The van der Waals surface area contributed by atoms with Crippen LogP contribution in [0.15, 0.2) is 12.1 Å². The van der Waals surface area contributed by atoms with Crippen LogP contribution in [0.2, 0.25) is 5.02 Å². The summed E-state index contributed by atoms with van der Waals surface area (Å²) < 4.78 is 52.1. The molecule has 1 saturated carbocycles. The number of benzene rings is 1. The first kappa shape index (κ1) is 21.4. The van der Waals surface area contributed by atoms with Gasteiger partial charge in [0.15, 0.2) is 0 Å². The number of hydrogen-bond acceptors (Lipinski definition) is 3. The van der Waals surface area contributed by atoms with Crippen LogP contribution in [-0.4, -0.2) is 52.1 Å². The molecule has 1 aromatic carbocycles. The molecule has 164 valence electrons. The number of aromatic nitrogens is 2. The highest BCUT2D eigenvalue weighted by Crippen LogP contribution is 2.52. The lowest BCUT2D eigenvalue weighted by Crippen LogP contribution is -2.65. The Hall–Kier alpha value is -1.87. The van der Waals surface area contributed by atoms with Gasteiger partial charge in [-0.3, -0.25) is 9.69 Å². The number of H-pyrrole nitrogens is 1. The molecule has 10 heteroatoms. The number of rotatable bonds is 5. The molecule has 1 aliphatic heterocycles. The van der Waals surface area contributed by atoms with E-state index in [9.17, 15) is 22.4 Å². The van der Waals surface area contributed by atoms with Gasteiger partial charge >= 0.3 is 6.18 Å². The minimum atomic E-state index is -4.49. The van der Waals surface area contributed by atoms with Crippen molar-refractivity contribution < 1.29 is 22.4 Å². The first-order valence-corrected chi connectivity index (χ1v) is 10.2. The lowest BCUT2D eigenvalue weighted by molar-refractivity contribution is -0.189. The molecule has 2 aromatic rings. The normalized spacial score (nSPS) is 19.7. The van der Waals surface area contributed by atoms with Crippen LogP contribution < -0.4 is 5.32 Å². The van der Waals surface area contributed by atoms with E-state index in [1.807, 2.05) is 4.90 Å². The molecule has 2 N–H and O–H groups in total. The quantitative estimate of drug-likeness (QED) is 0.681. The number of amides is 1. The van der Waals surface area contributed by atoms with E-state index in [1.165, 1.54) is 12.1 Å². The lowest BCUT2D eigenvalue weighted by Gasteiger charge is -2.59. The van der Waals surface area contributed by atoms with E-state index < -0.39 is 23.4 Å². The fourth-order valence-corrected chi connectivity index (χ4v) is 4.96. The average Bonchev–Trinajstić information content (AvgIpc) is 2.91. The zero-order valence-electron chi connectivity index (χ0n) is 16.7. The maximum atomic E-state index is 13.5. The fourth-order valence-electron chi connectivity index (χ4n) is 4.71. The van der Waals surface area contributed by atoms with Crippen molar-refractivity contribution in [1.29, 1.82) is 0 Å². The van der Waals surface area contributed by atoms with Crippen LogP contribution in [-0.2, 0) is 11.2 Å². The van der Waals surface area contributed by atoms with E-state index in [1.54, 1.807) is 0 Å². The molecular weight excluding hydrogens is 424 g/mol. The Balaban J connectivity index is 1.24. The van der Waals surface area contributed by atoms with Crippen LogP contribution in [0.25, 0.3) is 11.0 Å². The van der Waals surface area contributed by atoms with Gasteiger partial charge in [0.2, 0.25) is 5.91 Å². The summed E-state index contributed by atoms with van der Waals surface area (Å²) >= 11 is 6.04. The average molecular weight is 447 g/mol. The van der Waals surface area contributed by atoms with E-state index in [4.69, 9.17) is 11.6 Å². The Morgan fingerprint density at radius 3 is 2.63 bits per heavy atom. The third-order valence-electron chi connectivity index (χ3n) is 6.13. The summed E-state index contributed by atoms with van der Waals surface area (Å²) in [7, 11) is 0. The van der Waals surface area contributed by atoms with Gasteiger partial charge in [-0.05, 0) is 50.2 Å². The zero-order valence-corrected chi connectivity index (χ0v) is 17.4. The van der Waals surface area contributed by atoms with E-state index in [2.05, 4.69) is 15.3 Å². The number of carbonyl (C=O) groups is 1. The van der Waals surface area contributed by atoms with Crippen molar-refractivity contribution in [2.24, 2.45) is 11.3 Å². The smallest absolute Gasteiger partial charge is 0.342 e. The Morgan fingerprint density at radius 2 is 2.00 bits per heavy atom. The van der Waals surface area contributed by atoms with Crippen molar-refractivity contribution >= 4 is 28.5 Å². The third-order valence-corrected chi connectivity index (χ3v) is 6.41. The van der Waals surface area contributed by atoms with Gasteiger partial charge < -0.3 is 10.3 Å². The highest BCUT2D eigenvalue weighted by molar-refractivity contribution is 6.34. The van der Waals surface area contributed by atoms with E-state index in [0.717, 1.165) is 38.9 Å². The van der Waals surface area contributed by atoms with Crippen LogP contribution in [0.1, 0.15) is 32.5 Å². The van der Waals surface area contributed by atoms with Crippen molar-refractivity contribution in [3.8, 4) is 0 Å². The molecule has 0 atom stereocenters. The standard InChI is InChI=1S/C20H23ClF4N4O/c1-18(2,20(23,24)25)28-16(30)8-29-9-19(10-29)6-11(7-19)3-15-26-14-5-12(22)4-13(21)17(14)27-15/h4-5,11H,3,6-10H2,1-2H3,(H,26,27)(H,28,30). The van der Waals surface area contributed by atoms with Gasteiger partial charge in [-0.15, -0.1) is 0 Å². The molecule has 2 fully saturated rings. The largest absolute Gasteiger partial charge is 0.410 e. The fraction of sp³-hybridized carbons (Fsp3) is 0.600. The number of nitrogens with one attached hydrogen (secondary N) is 2. The van der Waals surface area contributed by atoms with Crippen molar-refractivity contribution in [1.82, 2.24) is 20.2 Å². The maximum Gasteiger partial charge on any atom is 0.410 e. The number of aromatic amines is 1. The molecule has 0 bridgehead atoms. The van der Waals surface area contributed by atoms with Crippen molar-refractivity contribution in [3.05, 3.63) is 28.8 Å². The summed E-state index contributed by atoms with van der Waals surface area (Å²) in [5.74, 6) is 0.161. The topological polar surface area (TPSA) is 61.0 Å². The minimum Gasteiger partial charge on any atom is -0.342 e. The second-order valence-electron chi connectivity index (χ2n) is 9.26. The van der Waals surface area contributed by atoms with Crippen molar-refractivity contribution in [2.45, 2.75) is 44.8 Å². The molecule has 1 aliphatic carbocycles. The predicted molar refractivity (Wildman–Crippen MR) is 105 cm³/mol. The molecule has 0 unspecified atom stereocenters. The summed E-state index contributed by atoms with van der Waals surface area (Å²) in [6.07, 6.45) is -1.82. The molecule has 1 saturated heterocycles. The number of carbonyl (C=O) groups excluding carboxylic acids is 1. The van der Waals surface area contributed by atoms with Gasteiger partial charge in [0.25, 0.3) is 0 Å². The second kappa shape index (κ2) is 7.09. The van der Waals surface area contributed by atoms with Crippen LogP contribution in [0, 0.1) is 17.2 Å². The summed E-state index contributed by atoms with van der Waals surface area (Å²) in [6, 6.07) is 2.61. The van der Waals surface area contributed by atoms with E-state index in [-0.39, 0.29) is 17.0 Å². The number of hydrogen-bond donors (Lipinski definition) is 2. The molecule has 0 radical (unpaired) electrons. The van der Waals surface area contributed by atoms with Gasteiger partial charge in [0.05, 0.1) is 17.1 Å². The molecule has 1 spiro atoms. The molecule has 2 heterocycles. The highest BCUT2D eigenvalue weighted by Gasteiger charge is 2.53. The Labute approximate surface area is 176 Å².